The molecule has 4 nitrogen and oxygen atoms in total. The number of aromatic nitrogens is 2. The van der Waals surface area contributed by atoms with Gasteiger partial charge in [-0.05, 0) is 12.1 Å². The smallest absolute Gasteiger partial charge is 0.150 e. The van der Waals surface area contributed by atoms with E-state index in [1.807, 2.05) is 0 Å². The molecule has 0 aliphatic heterocycles. The van der Waals surface area contributed by atoms with Crippen LogP contribution in [0.5, 0.6) is 0 Å². The van der Waals surface area contributed by atoms with E-state index in [9.17, 15) is 8.78 Å². The van der Waals surface area contributed by atoms with E-state index in [2.05, 4.69) is 15.3 Å². The van der Waals surface area contributed by atoms with Crippen molar-refractivity contribution in [2.45, 2.75) is 6.54 Å². The zero-order chi connectivity index (χ0) is 12.3. The molecule has 2 rings (SSSR count). The summed E-state index contributed by atoms with van der Waals surface area (Å²) in [6.45, 7) is 0.173. The third-order valence-corrected chi connectivity index (χ3v) is 2.16. The molecular formula is C11H8F2N4. The molecule has 0 radical (unpaired) electrons. The standard InChI is InChI=1S/C11H8F2N4/c12-8-3-7(5-14)4-9(13)11(8)17-6-10-15-1-2-16-10/h1-4,17H,6H2,(H,15,16). The first-order valence-electron chi connectivity index (χ1n) is 4.82. The number of nitrogens with zero attached hydrogens (tertiary/aromatic N) is 2. The van der Waals surface area contributed by atoms with Gasteiger partial charge in [-0.25, -0.2) is 13.8 Å². The van der Waals surface area contributed by atoms with Crippen LogP contribution in [0.2, 0.25) is 0 Å². The number of nitrogens with one attached hydrogen (secondary N) is 2. The molecule has 1 aromatic carbocycles. The minimum atomic E-state index is -0.798. The average Bonchev–Trinajstić information content (AvgIpc) is 2.80. The number of aromatic amines is 1. The molecule has 2 aromatic rings. The predicted molar refractivity (Wildman–Crippen MR) is 57.0 cm³/mol. The van der Waals surface area contributed by atoms with Gasteiger partial charge in [0.2, 0.25) is 0 Å². The third kappa shape index (κ3) is 2.39. The number of hydrogen-bond acceptors (Lipinski definition) is 3. The molecule has 6 heteroatoms. The summed E-state index contributed by atoms with van der Waals surface area (Å²) < 4.78 is 26.9. The molecule has 86 valence electrons. The Balaban J connectivity index is 2.19. The zero-order valence-corrected chi connectivity index (χ0v) is 8.67. The van der Waals surface area contributed by atoms with E-state index >= 15 is 0 Å². The van der Waals surface area contributed by atoms with E-state index in [0.29, 0.717) is 5.82 Å². The van der Waals surface area contributed by atoms with Gasteiger partial charge >= 0.3 is 0 Å². The van der Waals surface area contributed by atoms with E-state index in [1.165, 1.54) is 0 Å². The van der Waals surface area contributed by atoms with Crippen molar-refractivity contribution >= 4 is 5.69 Å². The normalized spacial score (nSPS) is 9.94. The van der Waals surface area contributed by atoms with Gasteiger partial charge < -0.3 is 10.3 Å². The van der Waals surface area contributed by atoms with Gasteiger partial charge in [0.25, 0.3) is 0 Å². The first-order chi connectivity index (χ1) is 8.20. The molecule has 0 fully saturated rings. The molecule has 0 unspecified atom stereocenters. The molecule has 0 bridgehead atoms. The SMILES string of the molecule is N#Cc1cc(F)c(NCc2ncc[nH]2)c(F)c1. The lowest BCUT2D eigenvalue weighted by molar-refractivity contribution is 0.587. The number of benzene rings is 1. The van der Waals surface area contributed by atoms with Crippen molar-refractivity contribution in [3.05, 3.63) is 47.5 Å². The fraction of sp³-hybridized carbons (Fsp3) is 0.0909. The highest BCUT2D eigenvalue weighted by Crippen LogP contribution is 2.20. The summed E-state index contributed by atoms with van der Waals surface area (Å²) in [4.78, 5) is 6.71. The number of nitriles is 1. The van der Waals surface area contributed by atoms with E-state index in [1.54, 1.807) is 18.5 Å². The summed E-state index contributed by atoms with van der Waals surface area (Å²) in [6, 6.07) is 3.64. The lowest BCUT2D eigenvalue weighted by Crippen LogP contribution is -2.05. The van der Waals surface area contributed by atoms with Crippen molar-refractivity contribution in [2.75, 3.05) is 5.32 Å². The van der Waals surface area contributed by atoms with Crippen LogP contribution in [0.4, 0.5) is 14.5 Å². The van der Waals surface area contributed by atoms with Crippen LogP contribution in [-0.4, -0.2) is 9.97 Å². The average molecular weight is 234 g/mol. The molecule has 2 N–H and O–H groups in total. The van der Waals surface area contributed by atoms with Gasteiger partial charge in [-0.2, -0.15) is 5.26 Å². The largest absolute Gasteiger partial charge is 0.373 e. The fourth-order valence-electron chi connectivity index (χ4n) is 1.37. The number of anilines is 1. The highest BCUT2D eigenvalue weighted by Gasteiger charge is 2.11. The van der Waals surface area contributed by atoms with Crippen molar-refractivity contribution in [3.8, 4) is 6.07 Å². The predicted octanol–water partition coefficient (Wildman–Crippen LogP) is 2.17. The second-order valence-corrected chi connectivity index (χ2v) is 3.32. The van der Waals surface area contributed by atoms with E-state index in [4.69, 9.17) is 5.26 Å². The maximum atomic E-state index is 13.4. The molecule has 1 aromatic heterocycles. The van der Waals surface area contributed by atoms with E-state index in [-0.39, 0.29) is 17.8 Å². The maximum Gasteiger partial charge on any atom is 0.150 e. The van der Waals surface area contributed by atoms with Crippen molar-refractivity contribution < 1.29 is 8.78 Å². The Labute approximate surface area is 95.9 Å². The van der Waals surface area contributed by atoms with Crippen molar-refractivity contribution in [1.29, 1.82) is 5.26 Å². The zero-order valence-electron chi connectivity index (χ0n) is 8.67. The molecule has 0 spiro atoms. The van der Waals surface area contributed by atoms with Crippen molar-refractivity contribution in [2.24, 2.45) is 0 Å². The Morgan fingerprint density at radius 3 is 2.59 bits per heavy atom. The Morgan fingerprint density at radius 2 is 2.06 bits per heavy atom. The summed E-state index contributed by atoms with van der Waals surface area (Å²) in [7, 11) is 0. The quantitative estimate of drug-likeness (QED) is 0.855. The topological polar surface area (TPSA) is 64.5 Å². The minimum Gasteiger partial charge on any atom is -0.373 e. The van der Waals surface area contributed by atoms with Gasteiger partial charge in [0, 0.05) is 12.4 Å². The Kier molecular flexibility index (Phi) is 3.01. The van der Waals surface area contributed by atoms with Crippen LogP contribution in [0.3, 0.4) is 0 Å². The molecule has 0 aliphatic rings. The summed E-state index contributed by atoms with van der Waals surface area (Å²) in [6.07, 6.45) is 3.16. The first kappa shape index (κ1) is 11.1. The number of hydrogen-bond donors (Lipinski definition) is 2. The monoisotopic (exact) mass is 234 g/mol. The summed E-state index contributed by atoms with van der Waals surface area (Å²) in [5.74, 6) is -1.03. The number of rotatable bonds is 3. The van der Waals surface area contributed by atoms with Crippen LogP contribution >= 0.6 is 0 Å². The summed E-state index contributed by atoms with van der Waals surface area (Å²) in [5.41, 5.74) is -0.316. The number of imidazole rings is 1. The lowest BCUT2D eigenvalue weighted by Gasteiger charge is -2.07. The van der Waals surface area contributed by atoms with Crippen LogP contribution < -0.4 is 5.32 Å². The Morgan fingerprint density at radius 1 is 1.35 bits per heavy atom. The van der Waals surface area contributed by atoms with Gasteiger partial charge in [-0.1, -0.05) is 0 Å². The van der Waals surface area contributed by atoms with Gasteiger partial charge in [-0.15, -0.1) is 0 Å². The lowest BCUT2D eigenvalue weighted by atomic mass is 10.2. The van der Waals surface area contributed by atoms with Gasteiger partial charge in [-0.3, -0.25) is 0 Å². The molecule has 1 heterocycles. The van der Waals surface area contributed by atoms with Crippen molar-refractivity contribution in [3.63, 3.8) is 0 Å². The molecule has 0 atom stereocenters. The minimum absolute atomic E-state index is 0.0523. The van der Waals surface area contributed by atoms with Gasteiger partial charge in [0.1, 0.15) is 11.5 Å². The second kappa shape index (κ2) is 4.61. The fourth-order valence-corrected chi connectivity index (χ4v) is 1.37. The van der Waals surface area contributed by atoms with Crippen LogP contribution in [0, 0.1) is 23.0 Å². The van der Waals surface area contributed by atoms with Crippen molar-refractivity contribution in [1.82, 2.24) is 9.97 Å². The van der Waals surface area contributed by atoms with E-state index < -0.39 is 11.6 Å². The molecule has 17 heavy (non-hydrogen) atoms. The van der Waals surface area contributed by atoms with Crippen LogP contribution in [0.1, 0.15) is 11.4 Å². The van der Waals surface area contributed by atoms with E-state index in [0.717, 1.165) is 12.1 Å². The van der Waals surface area contributed by atoms with Crippen LogP contribution in [0.15, 0.2) is 24.5 Å². The van der Waals surface area contributed by atoms with Crippen LogP contribution in [0.25, 0.3) is 0 Å². The number of H-pyrrole nitrogens is 1. The van der Waals surface area contributed by atoms with Crippen LogP contribution in [-0.2, 0) is 6.54 Å². The second-order valence-electron chi connectivity index (χ2n) is 3.32. The summed E-state index contributed by atoms with van der Waals surface area (Å²) in [5, 5.41) is 11.1. The highest BCUT2D eigenvalue weighted by molar-refractivity contribution is 5.50. The highest BCUT2D eigenvalue weighted by atomic mass is 19.1. The van der Waals surface area contributed by atoms with Gasteiger partial charge in [0.05, 0.1) is 18.2 Å². The molecule has 0 aliphatic carbocycles. The Hall–Kier alpha value is -2.42. The number of halogens is 2. The molecule has 0 saturated carbocycles. The molecular weight excluding hydrogens is 226 g/mol. The first-order valence-corrected chi connectivity index (χ1v) is 4.82. The Bertz CT molecular complexity index is 534. The van der Waals surface area contributed by atoms with Gasteiger partial charge in [0.15, 0.2) is 11.6 Å². The third-order valence-electron chi connectivity index (χ3n) is 2.16. The maximum absolute atomic E-state index is 13.4. The molecule has 0 saturated heterocycles. The summed E-state index contributed by atoms with van der Waals surface area (Å²) >= 11 is 0. The molecule has 0 amide bonds.